The molecule has 1 aromatic rings. The SMILES string of the molecule is Cc1ccc(S(=O)CC(O)CNC2CC2)cc1. The number of rotatable bonds is 6. The van der Waals surface area contributed by atoms with Crippen LogP contribution in [0, 0.1) is 6.92 Å². The summed E-state index contributed by atoms with van der Waals surface area (Å²) in [6, 6.07) is 8.21. The smallest absolute Gasteiger partial charge is 0.0783 e. The normalized spacial score (nSPS) is 18.9. The molecule has 0 saturated heterocycles. The minimum atomic E-state index is -1.11. The molecular formula is C13H19NO2S. The van der Waals surface area contributed by atoms with Gasteiger partial charge in [-0.25, -0.2) is 0 Å². The summed E-state index contributed by atoms with van der Waals surface area (Å²) in [7, 11) is -1.11. The molecule has 2 rings (SSSR count). The Labute approximate surface area is 105 Å². The Morgan fingerprint density at radius 1 is 1.41 bits per heavy atom. The molecule has 17 heavy (non-hydrogen) atoms. The van der Waals surface area contributed by atoms with Crippen LogP contribution >= 0.6 is 0 Å². The molecule has 1 saturated carbocycles. The molecule has 3 nitrogen and oxygen atoms in total. The molecular weight excluding hydrogens is 234 g/mol. The Morgan fingerprint density at radius 3 is 2.65 bits per heavy atom. The molecule has 4 heteroatoms. The van der Waals surface area contributed by atoms with Crippen LogP contribution in [-0.4, -0.2) is 33.8 Å². The van der Waals surface area contributed by atoms with Crippen molar-refractivity contribution < 1.29 is 9.32 Å². The van der Waals surface area contributed by atoms with Crippen LogP contribution in [0.2, 0.25) is 0 Å². The van der Waals surface area contributed by atoms with E-state index in [0.29, 0.717) is 18.3 Å². The van der Waals surface area contributed by atoms with E-state index >= 15 is 0 Å². The molecule has 2 unspecified atom stereocenters. The van der Waals surface area contributed by atoms with Gasteiger partial charge in [-0.1, -0.05) is 17.7 Å². The van der Waals surface area contributed by atoms with E-state index in [9.17, 15) is 9.32 Å². The molecule has 0 spiro atoms. The van der Waals surface area contributed by atoms with Crippen LogP contribution in [0.25, 0.3) is 0 Å². The average Bonchev–Trinajstić information content (AvgIpc) is 3.11. The lowest BCUT2D eigenvalue weighted by Crippen LogP contribution is -2.32. The highest BCUT2D eigenvalue weighted by atomic mass is 32.2. The molecule has 0 bridgehead atoms. The van der Waals surface area contributed by atoms with Crippen molar-refractivity contribution in [3.8, 4) is 0 Å². The highest BCUT2D eigenvalue weighted by molar-refractivity contribution is 7.85. The maximum atomic E-state index is 12.0. The van der Waals surface area contributed by atoms with Gasteiger partial charge in [0.1, 0.15) is 0 Å². The fourth-order valence-electron chi connectivity index (χ4n) is 1.61. The minimum absolute atomic E-state index is 0.308. The summed E-state index contributed by atoms with van der Waals surface area (Å²) in [6.45, 7) is 2.55. The van der Waals surface area contributed by atoms with Crippen LogP contribution in [0.3, 0.4) is 0 Å². The van der Waals surface area contributed by atoms with Gasteiger partial charge in [-0.2, -0.15) is 0 Å². The van der Waals surface area contributed by atoms with E-state index in [1.54, 1.807) is 0 Å². The number of aliphatic hydroxyl groups is 1. The van der Waals surface area contributed by atoms with Crippen LogP contribution < -0.4 is 5.32 Å². The molecule has 0 heterocycles. The zero-order chi connectivity index (χ0) is 12.3. The number of hydrogen-bond donors (Lipinski definition) is 2. The number of aryl methyl sites for hydroxylation is 1. The van der Waals surface area contributed by atoms with Gasteiger partial charge in [0.05, 0.1) is 22.7 Å². The maximum absolute atomic E-state index is 12.0. The third kappa shape index (κ3) is 4.22. The lowest BCUT2D eigenvalue weighted by Gasteiger charge is -2.11. The summed E-state index contributed by atoms with van der Waals surface area (Å²) >= 11 is 0. The van der Waals surface area contributed by atoms with E-state index in [2.05, 4.69) is 5.32 Å². The van der Waals surface area contributed by atoms with Crippen molar-refractivity contribution in [2.45, 2.75) is 36.8 Å². The van der Waals surface area contributed by atoms with Crippen LogP contribution in [-0.2, 0) is 10.8 Å². The fraction of sp³-hybridized carbons (Fsp3) is 0.538. The zero-order valence-corrected chi connectivity index (χ0v) is 10.9. The number of hydrogen-bond acceptors (Lipinski definition) is 3. The van der Waals surface area contributed by atoms with Gasteiger partial charge in [0.2, 0.25) is 0 Å². The predicted octanol–water partition coefficient (Wildman–Crippen LogP) is 1.22. The third-order valence-corrected chi connectivity index (χ3v) is 4.33. The standard InChI is InChI=1S/C13H19NO2S/c1-10-2-6-13(7-3-10)17(16)9-12(15)8-14-11-4-5-11/h2-3,6-7,11-12,14-15H,4-5,8-9H2,1H3. The van der Waals surface area contributed by atoms with Crippen molar-refractivity contribution in [1.29, 1.82) is 0 Å². The van der Waals surface area contributed by atoms with Gasteiger partial charge in [0.15, 0.2) is 0 Å². The van der Waals surface area contributed by atoms with E-state index in [1.807, 2.05) is 31.2 Å². The van der Waals surface area contributed by atoms with Gasteiger partial charge < -0.3 is 10.4 Å². The third-order valence-electron chi connectivity index (χ3n) is 2.85. The maximum Gasteiger partial charge on any atom is 0.0783 e. The first-order valence-electron chi connectivity index (χ1n) is 6.01. The van der Waals surface area contributed by atoms with Crippen LogP contribution in [0.1, 0.15) is 18.4 Å². The van der Waals surface area contributed by atoms with E-state index in [0.717, 1.165) is 10.5 Å². The Kier molecular flexibility index (Phi) is 4.31. The number of aliphatic hydroxyl groups excluding tert-OH is 1. The molecule has 1 fully saturated rings. The highest BCUT2D eigenvalue weighted by Crippen LogP contribution is 2.18. The van der Waals surface area contributed by atoms with E-state index in [4.69, 9.17) is 0 Å². The predicted molar refractivity (Wildman–Crippen MR) is 69.5 cm³/mol. The summed E-state index contributed by atoms with van der Waals surface area (Å²) in [5.74, 6) is 0.308. The highest BCUT2D eigenvalue weighted by Gasteiger charge is 2.21. The van der Waals surface area contributed by atoms with Crippen LogP contribution in [0.5, 0.6) is 0 Å². The molecule has 94 valence electrons. The monoisotopic (exact) mass is 253 g/mol. The Bertz CT molecular complexity index is 387. The molecule has 2 atom stereocenters. The zero-order valence-electron chi connectivity index (χ0n) is 10.1. The van der Waals surface area contributed by atoms with Crippen molar-refractivity contribution in [2.75, 3.05) is 12.3 Å². The van der Waals surface area contributed by atoms with Gasteiger partial charge >= 0.3 is 0 Å². The van der Waals surface area contributed by atoms with Crippen LogP contribution in [0.4, 0.5) is 0 Å². The van der Waals surface area contributed by atoms with Gasteiger partial charge in [-0.3, -0.25) is 4.21 Å². The molecule has 1 aliphatic carbocycles. The number of benzene rings is 1. The molecule has 0 aromatic heterocycles. The first kappa shape index (κ1) is 12.7. The second-order valence-corrected chi connectivity index (χ2v) is 6.16. The second-order valence-electron chi connectivity index (χ2n) is 4.66. The summed E-state index contributed by atoms with van der Waals surface area (Å²) in [5, 5.41) is 13.0. The molecule has 1 aliphatic rings. The van der Waals surface area contributed by atoms with Crippen molar-refractivity contribution in [2.24, 2.45) is 0 Å². The summed E-state index contributed by atoms with van der Waals surface area (Å²) in [6.07, 6.45) is 1.87. The molecule has 2 N–H and O–H groups in total. The van der Waals surface area contributed by atoms with E-state index in [-0.39, 0.29) is 0 Å². The second kappa shape index (κ2) is 5.76. The lowest BCUT2D eigenvalue weighted by atomic mass is 10.2. The lowest BCUT2D eigenvalue weighted by molar-refractivity contribution is 0.194. The molecule has 0 aliphatic heterocycles. The molecule has 1 aromatic carbocycles. The van der Waals surface area contributed by atoms with Crippen molar-refractivity contribution >= 4 is 10.8 Å². The molecule has 0 radical (unpaired) electrons. The van der Waals surface area contributed by atoms with E-state index < -0.39 is 16.9 Å². The summed E-state index contributed by atoms with van der Waals surface area (Å²) < 4.78 is 12.0. The largest absolute Gasteiger partial charge is 0.391 e. The Balaban J connectivity index is 1.80. The van der Waals surface area contributed by atoms with E-state index in [1.165, 1.54) is 12.8 Å². The Morgan fingerprint density at radius 2 is 2.06 bits per heavy atom. The van der Waals surface area contributed by atoms with Crippen molar-refractivity contribution in [3.63, 3.8) is 0 Å². The number of nitrogens with one attached hydrogen (secondary N) is 1. The quantitative estimate of drug-likeness (QED) is 0.801. The Hall–Kier alpha value is -0.710. The van der Waals surface area contributed by atoms with Crippen molar-refractivity contribution in [1.82, 2.24) is 5.32 Å². The van der Waals surface area contributed by atoms with Gasteiger partial charge in [-0.05, 0) is 31.9 Å². The minimum Gasteiger partial charge on any atom is -0.391 e. The topological polar surface area (TPSA) is 49.3 Å². The average molecular weight is 253 g/mol. The first-order valence-corrected chi connectivity index (χ1v) is 7.33. The van der Waals surface area contributed by atoms with Crippen molar-refractivity contribution in [3.05, 3.63) is 29.8 Å². The summed E-state index contributed by atoms with van der Waals surface area (Å²) in [4.78, 5) is 0.793. The van der Waals surface area contributed by atoms with Gasteiger partial charge in [-0.15, -0.1) is 0 Å². The van der Waals surface area contributed by atoms with Gasteiger partial charge in [0, 0.05) is 17.5 Å². The molecule has 0 amide bonds. The first-order chi connectivity index (χ1) is 8.15. The van der Waals surface area contributed by atoms with Gasteiger partial charge in [0.25, 0.3) is 0 Å². The summed E-state index contributed by atoms with van der Waals surface area (Å²) in [5.41, 5.74) is 1.15. The fourth-order valence-corrected chi connectivity index (χ4v) is 2.71. The van der Waals surface area contributed by atoms with Crippen LogP contribution in [0.15, 0.2) is 29.2 Å².